The molecule has 0 aromatic carbocycles. The molecule has 1 fully saturated rings. The molecule has 96 valence electrons. The number of nitrogens with one attached hydrogen (secondary N) is 1. The highest BCUT2D eigenvalue weighted by molar-refractivity contribution is 4.78. The van der Waals surface area contributed by atoms with Crippen LogP contribution in [0.2, 0.25) is 0 Å². The fourth-order valence-electron chi connectivity index (χ4n) is 2.02. The summed E-state index contributed by atoms with van der Waals surface area (Å²) >= 11 is 0. The van der Waals surface area contributed by atoms with Crippen molar-refractivity contribution in [2.24, 2.45) is 17.8 Å². The molecule has 1 aliphatic heterocycles. The van der Waals surface area contributed by atoms with Crippen LogP contribution in [0.1, 0.15) is 40.5 Å². The number of hydrogen-bond acceptors (Lipinski definition) is 2. The van der Waals surface area contributed by atoms with E-state index in [1.165, 1.54) is 45.6 Å². The summed E-state index contributed by atoms with van der Waals surface area (Å²) in [5.41, 5.74) is 0. The van der Waals surface area contributed by atoms with E-state index < -0.39 is 0 Å². The first-order valence-electron chi connectivity index (χ1n) is 7.01. The number of rotatable bonds is 8. The van der Waals surface area contributed by atoms with Gasteiger partial charge in [0, 0.05) is 19.6 Å². The summed E-state index contributed by atoms with van der Waals surface area (Å²) in [6.45, 7) is 15.7. The highest BCUT2D eigenvalue weighted by Gasteiger charge is 2.20. The van der Waals surface area contributed by atoms with Crippen molar-refractivity contribution in [1.29, 1.82) is 0 Å². The molecule has 0 saturated carbocycles. The Morgan fingerprint density at radius 2 is 1.50 bits per heavy atom. The molecule has 16 heavy (non-hydrogen) atoms. The van der Waals surface area contributed by atoms with Gasteiger partial charge < -0.3 is 10.2 Å². The van der Waals surface area contributed by atoms with E-state index in [4.69, 9.17) is 0 Å². The molecule has 0 unspecified atom stereocenters. The van der Waals surface area contributed by atoms with Gasteiger partial charge >= 0.3 is 0 Å². The second-order valence-electron chi connectivity index (χ2n) is 6.19. The smallest absolute Gasteiger partial charge is 0.00340 e. The fourth-order valence-corrected chi connectivity index (χ4v) is 2.02. The number of hydrogen-bond donors (Lipinski definition) is 1. The maximum absolute atomic E-state index is 3.37. The summed E-state index contributed by atoms with van der Waals surface area (Å²) < 4.78 is 0. The Labute approximate surface area is 102 Å². The minimum Gasteiger partial charge on any atom is -0.316 e. The van der Waals surface area contributed by atoms with E-state index in [1.54, 1.807) is 0 Å². The Morgan fingerprint density at radius 1 is 1.00 bits per heavy atom. The molecule has 1 rings (SSSR count). The van der Waals surface area contributed by atoms with E-state index in [9.17, 15) is 0 Å². The molecular weight excluding hydrogens is 196 g/mol. The third-order valence-corrected chi connectivity index (χ3v) is 3.43. The van der Waals surface area contributed by atoms with Crippen molar-refractivity contribution in [1.82, 2.24) is 10.2 Å². The topological polar surface area (TPSA) is 15.3 Å². The van der Waals surface area contributed by atoms with Crippen LogP contribution in [0.25, 0.3) is 0 Å². The highest BCUT2D eigenvalue weighted by atomic mass is 15.1. The zero-order valence-corrected chi connectivity index (χ0v) is 11.6. The molecule has 2 nitrogen and oxygen atoms in total. The normalized spacial score (nSPS) is 17.4. The lowest BCUT2D eigenvalue weighted by atomic mass is 10.0. The lowest BCUT2D eigenvalue weighted by Crippen LogP contribution is -2.48. The molecule has 0 bridgehead atoms. The van der Waals surface area contributed by atoms with E-state index in [-0.39, 0.29) is 0 Å². The van der Waals surface area contributed by atoms with Crippen LogP contribution in [-0.2, 0) is 0 Å². The second-order valence-corrected chi connectivity index (χ2v) is 6.19. The van der Waals surface area contributed by atoms with Gasteiger partial charge in [0.1, 0.15) is 0 Å². The first-order chi connectivity index (χ1) is 7.58. The minimum atomic E-state index is 0.834. The molecule has 1 N–H and O–H groups in total. The van der Waals surface area contributed by atoms with Gasteiger partial charge in [0.05, 0.1) is 0 Å². The van der Waals surface area contributed by atoms with Crippen molar-refractivity contribution in [3.05, 3.63) is 0 Å². The lowest BCUT2D eigenvalue weighted by molar-refractivity contribution is 0.178. The molecule has 1 heterocycles. The number of nitrogens with zero attached hydrogens (tertiary/aromatic N) is 1. The van der Waals surface area contributed by atoms with Crippen LogP contribution in [0.5, 0.6) is 0 Å². The van der Waals surface area contributed by atoms with Gasteiger partial charge in [0.25, 0.3) is 0 Å². The zero-order valence-electron chi connectivity index (χ0n) is 11.6. The predicted octanol–water partition coefficient (Wildman–Crippen LogP) is 2.60. The standard InChI is InChI=1S/C14H30N2/c1-12(2)5-7-16(8-6-13(3)4)11-14-9-15-10-14/h12-15H,5-11H2,1-4H3. The van der Waals surface area contributed by atoms with Gasteiger partial charge in [0.2, 0.25) is 0 Å². The van der Waals surface area contributed by atoms with Crippen LogP contribution in [0.15, 0.2) is 0 Å². The summed E-state index contributed by atoms with van der Waals surface area (Å²) in [5, 5.41) is 3.37. The van der Waals surface area contributed by atoms with E-state index in [0.29, 0.717) is 0 Å². The van der Waals surface area contributed by atoms with Crippen LogP contribution < -0.4 is 5.32 Å². The third kappa shape index (κ3) is 5.86. The van der Waals surface area contributed by atoms with Crippen molar-refractivity contribution in [3.63, 3.8) is 0 Å². The van der Waals surface area contributed by atoms with Crippen LogP contribution >= 0.6 is 0 Å². The Balaban J connectivity index is 2.22. The van der Waals surface area contributed by atoms with E-state index >= 15 is 0 Å². The monoisotopic (exact) mass is 226 g/mol. The second kappa shape index (κ2) is 7.29. The van der Waals surface area contributed by atoms with Crippen LogP contribution in [0.4, 0.5) is 0 Å². The molecular formula is C14H30N2. The molecule has 0 aromatic rings. The van der Waals surface area contributed by atoms with Crippen LogP contribution in [0, 0.1) is 17.8 Å². The van der Waals surface area contributed by atoms with Gasteiger partial charge in [-0.25, -0.2) is 0 Å². The third-order valence-electron chi connectivity index (χ3n) is 3.43. The van der Waals surface area contributed by atoms with Crippen molar-refractivity contribution in [2.75, 3.05) is 32.7 Å². The van der Waals surface area contributed by atoms with Crippen LogP contribution in [-0.4, -0.2) is 37.6 Å². The van der Waals surface area contributed by atoms with E-state index in [1.807, 2.05) is 0 Å². The lowest BCUT2D eigenvalue weighted by Gasteiger charge is -2.34. The first kappa shape index (κ1) is 14.0. The fraction of sp³-hybridized carbons (Fsp3) is 1.00. The summed E-state index contributed by atoms with van der Waals surface area (Å²) in [5.74, 6) is 2.58. The Kier molecular flexibility index (Phi) is 6.37. The summed E-state index contributed by atoms with van der Waals surface area (Å²) in [4.78, 5) is 2.69. The Morgan fingerprint density at radius 3 is 1.81 bits per heavy atom. The highest BCUT2D eigenvalue weighted by Crippen LogP contribution is 2.11. The average molecular weight is 226 g/mol. The van der Waals surface area contributed by atoms with E-state index in [2.05, 4.69) is 37.9 Å². The van der Waals surface area contributed by atoms with Crippen molar-refractivity contribution < 1.29 is 0 Å². The van der Waals surface area contributed by atoms with E-state index in [0.717, 1.165) is 17.8 Å². The molecule has 0 aromatic heterocycles. The quantitative estimate of drug-likeness (QED) is 0.684. The SMILES string of the molecule is CC(C)CCN(CCC(C)C)CC1CNC1. The van der Waals surface area contributed by atoms with Gasteiger partial charge in [-0.15, -0.1) is 0 Å². The van der Waals surface area contributed by atoms with Gasteiger partial charge in [0.15, 0.2) is 0 Å². The molecule has 1 saturated heterocycles. The summed E-state index contributed by atoms with van der Waals surface area (Å²) in [6, 6.07) is 0. The molecule has 2 heteroatoms. The minimum absolute atomic E-state index is 0.834. The van der Waals surface area contributed by atoms with Gasteiger partial charge in [-0.3, -0.25) is 0 Å². The molecule has 1 aliphatic rings. The molecule has 0 amide bonds. The Hall–Kier alpha value is -0.0800. The molecule has 0 spiro atoms. The van der Waals surface area contributed by atoms with Crippen molar-refractivity contribution >= 4 is 0 Å². The van der Waals surface area contributed by atoms with Crippen LogP contribution in [0.3, 0.4) is 0 Å². The van der Waals surface area contributed by atoms with Gasteiger partial charge in [-0.05, 0) is 43.7 Å². The first-order valence-corrected chi connectivity index (χ1v) is 7.01. The molecule has 0 aliphatic carbocycles. The maximum atomic E-state index is 3.37. The average Bonchev–Trinajstić information content (AvgIpc) is 2.13. The predicted molar refractivity (Wildman–Crippen MR) is 71.7 cm³/mol. The molecule has 0 atom stereocenters. The van der Waals surface area contributed by atoms with Crippen molar-refractivity contribution in [2.45, 2.75) is 40.5 Å². The van der Waals surface area contributed by atoms with Gasteiger partial charge in [-0.2, -0.15) is 0 Å². The Bertz CT molecular complexity index is 162. The molecule has 0 radical (unpaired) electrons. The van der Waals surface area contributed by atoms with Crippen molar-refractivity contribution in [3.8, 4) is 0 Å². The largest absolute Gasteiger partial charge is 0.316 e. The van der Waals surface area contributed by atoms with Gasteiger partial charge in [-0.1, -0.05) is 27.7 Å². The zero-order chi connectivity index (χ0) is 12.0. The summed E-state index contributed by atoms with van der Waals surface area (Å²) in [7, 11) is 0. The maximum Gasteiger partial charge on any atom is 0.00340 e. The summed E-state index contributed by atoms with van der Waals surface area (Å²) in [6.07, 6.45) is 2.69.